The van der Waals surface area contributed by atoms with Crippen molar-refractivity contribution >= 4 is 38.3 Å². The van der Waals surface area contributed by atoms with Crippen LogP contribution in [0.15, 0.2) is 59.8 Å². The molecule has 0 spiro atoms. The van der Waals surface area contributed by atoms with Gasteiger partial charge in [0.1, 0.15) is 11.6 Å². The van der Waals surface area contributed by atoms with Gasteiger partial charge in [-0.1, -0.05) is 6.07 Å². The quantitative estimate of drug-likeness (QED) is 0.378. The van der Waals surface area contributed by atoms with E-state index in [1.165, 1.54) is 11.6 Å². The van der Waals surface area contributed by atoms with Crippen LogP contribution < -0.4 is 10.2 Å². The standard InChI is InChI=1S/C29H29N5O5S/c1-38-17-19-11-20-3-2-8-34(28(20)31-14-19)27-7-6-22-15-30-24(13-25(22)33-27)16-32-29(35)21-4-5-23-18-39-9-10-40(36,37)26(23)12-21/h4-7,11-15H,2-3,8-10,16-18H2,1H3,(H,32,35). The van der Waals surface area contributed by atoms with E-state index in [1.807, 2.05) is 24.4 Å². The number of nitrogens with one attached hydrogen (secondary N) is 1. The minimum Gasteiger partial charge on any atom is -0.380 e. The number of amides is 1. The van der Waals surface area contributed by atoms with Gasteiger partial charge in [0.05, 0.1) is 48.2 Å². The van der Waals surface area contributed by atoms with Crippen molar-refractivity contribution in [2.45, 2.75) is 37.5 Å². The van der Waals surface area contributed by atoms with Gasteiger partial charge in [0.2, 0.25) is 0 Å². The summed E-state index contributed by atoms with van der Waals surface area (Å²) in [6.45, 7) is 1.86. The van der Waals surface area contributed by atoms with Crippen molar-refractivity contribution in [1.82, 2.24) is 20.3 Å². The van der Waals surface area contributed by atoms with E-state index < -0.39 is 9.84 Å². The van der Waals surface area contributed by atoms with Crippen molar-refractivity contribution < 1.29 is 22.7 Å². The number of hydrogen-bond acceptors (Lipinski definition) is 9. The van der Waals surface area contributed by atoms with Crippen LogP contribution >= 0.6 is 0 Å². The lowest BCUT2D eigenvalue weighted by atomic mass is 10.0. The SMILES string of the molecule is COCc1cnc2c(c1)CCCN2c1ccc2cnc(CNC(=O)c3ccc4c(c3)S(=O)(=O)CCOC4)cc2n1. The molecule has 2 aliphatic rings. The molecule has 1 N–H and O–H groups in total. The molecule has 6 rings (SSSR count). The molecule has 1 amide bonds. The number of aryl methyl sites for hydroxylation is 1. The fourth-order valence-electron chi connectivity index (χ4n) is 5.11. The Balaban J connectivity index is 1.21. The zero-order chi connectivity index (χ0) is 27.7. The Kier molecular flexibility index (Phi) is 7.18. The summed E-state index contributed by atoms with van der Waals surface area (Å²) in [7, 11) is -1.83. The fourth-order valence-corrected chi connectivity index (χ4v) is 6.50. The zero-order valence-electron chi connectivity index (χ0n) is 22.1. The number of fused-ring (bicyclic) bond motifs is 3. The molecule has 206 valence electrons. The van der Waals surface area contributed by atoms with E-state index in [0.29, 0.717) is 17.9 Å². The first-order chi connectivity index (χ1) is 19.4. The zero-order valence-corrected chi connectivity index (χ0v) is 22.9. The first-order valence-electron chi connectivity index (χ1n) is 13.1. The molecule has 0 bridgehead atoms. The third-order valence-electron chi connectivity index (χ3n) is 7.13. The average molecular weight is 560 g/mol. The van der Waals surface area contributed by atoms with Gasteiger partial charge in [0.25, 0.3) is 5.91 Å². The number of hydrogen-bond donors (Lipinski definition) is 1. The van der Waals surface area contributed by atoms with E-state index >= 15 is 0 Å². The number of ether oxygens (including phenoxy) is 2. The van der Waals surface area contributed by atoms with Gasteiger partial charge < -0.3 is 19.7 Å². The Hall–Kier alpha value is -3.93. The molecule has 2 aliphatic heterocycles. The van der Waals surface area contributed by atoms with Gasteiger partial charge in [0, 0.05) is 37.0 Å². The molecule has 0 saturated heterocycles. The molecular formula is C29H29N5O5S. The smallest absolute Gasteiger partial charge is 0.251 e. The molecule has 5 heterocycles. The molecule has 3 aromatic heterocycles. The van der Waals surface area contributed by atoms with Crippen LogP contribution in [0.2, 0.25) is 0 Å². The van der Waals surface area contributed by atoms with Crippen molar-refractivity contribution in [2.24, 2.45) is 0 Å². The van der Waals surface area contributed by atoms with Crippen molar-refractivity contribution in [3.05, 3.63) is 82.8 Å². The number of carbonyl (C=O) groups is 1. The van der Waals surface area contributed by atoms with Crippen molar-refractivity contribution in [3.63, 3.8) is 0 Å². The molecule has 40 heavy (non-hydrogen) atoms. The minimum absolute atomic E-state index is 0.102. The van der Waals surface area contributed by atoms with Crippen LogP contribution in [0.4, 0.5) is 11.6 Å². The molecule has 1 aromatic carbocycles. The van der Waals surface area contributed by atoms with Gasteiger partial charge in [0.15, 0.2) is 9.84 Å². The molecule has 0 aliphatic carbocycles. The summed E-state index contributed by atoms with van der Waals surface area (Å²) in [5.41, 5.74) is 4.47. The van der Waals surface area contributed by atoms with E-state index in [0.717, 1.165) is 47.5 Å². The Bertz CT molecular complexity index is 1710. The number of methoxy groups -OCH3 is 1. The van der Waals surface area contributed by atoms with Gasteiger partial charge in [-0.2, -0.15) is 0 Å². The van der Waals surface area contributed by atoms with Crippen molar-refractivity contribution in [3.8, 4) is 0 Å². The number of nitrogens with zero attached hydrogens (tertiary/aromatic N) is 4. The highest BCUT2D eigenvalue weighted by atomic mass is 32.2. The second kappa shape index (κ2) is 10.9. The van der Waals surface area contributed by atoms with Gasteiger partial charge in [-0.25, -0.2) is 18.4 Å². The van der Waals surface area contributed by atoms with E-state index in [4.69, 9.17) is 19.4 Å². The highest BCUT2D eigenvalue weighted by Gasteiger charge is 2.24. The highest BCUT2D eigenvalue weighted by molar-refractivity contribution is 7.91. The second-order valence-corrected chi connectivity index (χ2v) is 12.0. The number of rotatable bonds is 6. The summed E-state index contributed by atoms with van der Waals surface area (Å²) in [5.74, 6) is 1.23. The summed E-state index contributed by atoms with van der Waals surface area (Å²) in [6.07, 6.45) is 5.54. The van der Waals surface area contributed by atoms with Gasteiger partial charge in [-0.3, -0.25) is 9.78 Å². The van der Waals surface area contributed by atoms with Crippen molar-refractivity contribution in [2.75, 3.05) is 30.9 Å². The molecule has 0 radical (unpaired) electrons. The van der Waals surface area contributed by atoms with E-state index in [2.05, 4.69) is 21.3 Å². The molecule has 4 aromatic rings. The van der Waals surface area contributed by atoms with Gasteiger partial charge in [-0.05, 0) is 65.9 Å². The first-order valence-corrected chi connectivity index (χ1v) is 14.8. The normalized spacial score (nSPS) is 16.2. The maximum atomic E-state index is 12.9. The van der Waals surface area contributed by atoms with E-state index in [9.17, 15) is 13.2 Å². The topological polar surface area (TPSA) is 124 Å². The molecule has 0 unspecified atom stereocenters. The first kappa shape index (κ1) is 26.3. The Morgan fingerprint density at radius 3 is 2.88 bits per heavy atom. The molecule has 0 saturated carbocycles. The minimum atomic E-state index is -3.50. The van der Waals surface area contributed by atoms with Crippen LogP contribution in [-0.2, 0) is 45.5 Å². The van der Waals surface area contributed by atoms with Crippen LogP contribution in [0.5, 0.6) is 0 Å². The highest BCUT2D eigenvalue weighted by Crippen LogP contribution is 2.32. The largest absolute Gasteiger partial charge is 0.380 e. The van der Waals surface area contributed by atoms with E-state index in [1.54, 1.807) is 25.4 Å². The van der Waals surface area contributed by atoms with Crippen LogP contribution in [0.25, 0.3) is 10.9 Å². The maximum absolute atomic E-state index is 12.9. The average Bonchev–Trinajstić information content (AvgIpc) is 3.12. The predicted molar refractivity (Wildman–Crippen MR) is 149 cm³/mol. The van der Waals surface area contributed by atoms with Crippen LogP contribution in [0, 0.1) is 0 Å². The Morgan fingerprint density at radius 2 is 2.00 bits per heavy atom. The third-order valence-corrected chi connectivity index (χ3v) is 8.89. The molecule has 10 nitrogen and oxygen atoms in total. The van der Waals surface area contributed by atoms with Crippen LogP contribution in [0.3, 0.4) is 0 Å². The number of aromatic nitrogens is 3. The summed E-state index contributed by atoms with van der Waals surface area (Å²) >= 11 is 0. The second-order valence-electron chi connectivity index (χ2n) is 9.93. The number of anilines is 2. The molecule has 0 atom stereocenters. The third kappa shape index (κ3) is 5.27. The summed E-state index contributed by atoms with van der Waals surface area (Å²) in [5, 5.41) is 3.74. The number of sulfone groups is 1. The lowest BCUT2D eigenvalue weighted by molar-refractivity contribution is 0.0950. The summed E-state index contributed by atoms with van der Waals surface area (Å²) in [4.78, 5) is 29.3. The molecular weight excluding hydrogens is 530 g/mol. The Morgan fingerprint density at radius 1 is 1.10 bits per heavy atom. The fraction of sp³-hybridized carbons (Fsp3) is 0.310. The van der Waals surface area contributed by atoms with E-state index in [-0.39, 0.29) is 41.9 Å². The number of carbonyl (C=O) groups excluding carboxylic acids is 1. The Labute approximate surface area is 232 Å². The van der Waals surface area contributed by atoms with Gasteiger partial charge in [-0.15, -0.1) is 0 Å². The number of pyridine rings is 3. The maximum Gasteiger partial charge on any atom is 0.251 e. The summed E-state index contributed by atoms with van der Waals surface area (Å²) < 4.78 is 35.8. The van der Waals surface area contributed by atoms with Gasteiger partial charge >= 0.3 is 0 Å². The monoisotopic (exact) mass is 559 g/mol. The van der Waals surface area contributed by atoms with Crippen molar-refractivity contribution in [1.29, 1.82) is 0 Å². The lowest BCUT2D eigenvalue weighted by Gasteiger charge is -2.29. The lowest BCUT2D eigenvalue weighted by Crippen LogP contribution is -2.26. The summed E-state index contributed by atoms with van der Waals surface area (Å²) in [6, 6.07) is 12.7. The van der Waals surface area contributed by atoms with Crippen LogP contribution in [0.1, 0.15) is 39.2 Å². The number of benzene rings is 1. The molecule has 11 heteroatoms. The van der Waals surface area contributed by atoms with Crippen LogP contribution in [-0.4, -0.2) is 55.3 Å². The molecule has 0 fully saturated rings. The predicted octanol–water partition coefficient (Wildman–Crippen LogP) is 3.49.